The topological polar surface area (TPSA) is 9.23 Å². The summed E-state index contributed by atoms with van der Waals surface area (Å²) in [6, 6.07) is 12.3. The van der Waals surface area contributed by atoms with Crippen molar-refractivity contribution >= 4 is 38.3 Å². The van der Waals surface area contributed by atoms with E-state index in [1.165, 1.54) is 10.9 Å². The number of alkyl halides is 1. The van der Waals surface area contributed by atoms with Crippen molar-refractivity contribution < 1.29 is 4.74 Å². The van der Waals surface area contributed by atoms with Gasteiger partial charge in [0.1, 0.15) is 0 Å². The van der Waals surface area contributed by atoms with Gasteiger partial charge in [0.2, 0.25) is 0 Å². The van der Waals surface area contributed by atoms with Gasteiger partial charge in [-0.15, -0.1) is 0 Å². The largest absolute Gasteiger partial charge is 0.377 e. The lowest BCUT2D eigenvalue weighted by atomic mass is 9.98. The Morgan fingerprint density at radius 2 is 1.94 bits per heavy atom. The third-order valence-electron chi connectivity index (χ3n) is 3.49. The maximum atomic E-state index is 6.25. The third kappa shape index (κ3) is 2.18. The molecule has 0 radical (unpaired) electrons. The van der Waals surface area contributed by atoms with Gasteiger partial charge in [0.05, 0.1) is 10.9 Å². The van der Waals surface area contributed by atoms with E-state index in [-0.39, 0.29) is 10.9 Å². The second kappa shape index (κ2) is 5.20. The lowest BCUT2D eigenvalue weighted by Crippen LogP contribution is -2.12. The Balaban J connectivity index is 2.08. The van der Waals surface area contributed by atoms with Gasteiger partial charge in [0.15, 0.2) is 0 Å². The Morgan fingerprint density at radius 3 is 2.67 bits per heavy atom. The first-order valence-corrected chi connectivity index (χ1v) is 7.49. The van der Waals surface area contributed by atoms with Crippen molar-refractivity contribution in [2.24, 2.45) is 0 Å². The van der Waals surface area contributed by atoms with Crippen molar-refractivity contribution in [2.75, 3.05) is 6.61 Å². The highest BCUT2D eigenvalue weighted by Crippen LogP contribution is 2.39. The summed E-state index contributed by atoms with van der Waals surface area (Å²) in [5.74, 6) is 0. The highest BCUT2D eigenvalue weighted by atomic mass is 79.9. The van der Waals surface area contributed by atoms with Gasteiger partial charge in [-0.1, -0.05) is 57.9 Å². The highest BCUT2D eigenvalue weighted by molar-refractivity contribution is 9.09. The number of rotatable bonds is 2. The van der Waals surface area contributed by atoms with Crippen LogP contribution in [0.3, 0.4) is 0 Å². The number of hydrogen-bond acceptors (Lipinski definition) is 1. The van der Waals surface area contributed by atoms with Gasteiger partial charge in [0.25, 0.3) is 0 Å². The average molecular weight is 326 g/mol. The monoisotopic (exact) mass is 324 g/mol. The summed E-state index contributed by atoms with van der Waals surface area (Å²) < 4.78 is 5.77. The zero-order chi connectivity index (χ0) is 12.5. The molecule has 18 heavy (non-hydrogen) atoms. The molecule has 2 atom stereocenters. The van der Waals surface area contributed by atoms with Crippen LogP contribution in [0.4, 0.5) is 0 Å². The Morgan fingerprint density at radius 1 is 1.17 bits per heavy atom. The zero-order valence-electron chi connectivity index (χ0n) is 9.90. The minimum absolute atomic E-state index is 0.238. The first-order chi connectivity index (χ1) is 8.77. The van der Waals surface area contributed by atoms with E-state index in [0.717, 1.165) is 29.9 Å². The van der Waals surface area contributed by atoms with E-state index in [9.17, 15) is 0 Å². The molecule has 3 rings (SSSR count). The van der Waals surface area contributed by atoms with Crippen LogP contribution in [-0.2, 0) is 4.74 Å². The number of halogens is 2. The molecule has 0 amide bonds. The van der Waals surface area contributed by atoms with Crippen molar-refractivity contribution in [1.29, 1.82) is 0 Å². The standard InChI is InChI=1S/C15H14BrClO/c16-15(14-6-3-9-18-14)12-7-8-13(17)11-5-2-1-4-10(11)12/h1-2,4-5,7-8,14-15H,3,6,9H2. The van der Waals surface area contributed by atoms with Crippen molar-refractivity contribution in [2.45, 2.75) is 23.8 Å². The van der Waals surface area contributed by atoms with E-state index in [1.54, 1.807) is 0 Å². The van der Waals surface area contributed by atoms with Crippen molar-refractivity contribution in [3.8, 4) is 0 Å². The van der Waals surface area contributed by atoms with E-state index in [4.69, 9.17) is 16.3 Å². The summed E-state index contributed by atoms with van der Waals surface area (Å²) in [6.07, 6.45) is 2.54. The third-order valence-corrected chi connectivity index (χ3v) is 4.91. The summed E-state index contributed by atoms with van der Waals surface area (Å²) in [6.45, 7) is 0.873. The van der Waals surface area contributed by atoms with Gasteiger partial charge in [-0.2, -0.15) is 0 Å². The van der Waals surface area contributed by atoms with Crippen LogP contribution in [0.2, 0.25) is 5.02 Å². The fourth-order valence-corrected chi connectivity index (χ4v) is 3.60. The van der Waals surface area contributed by atoms with Crippen molar-refractivity contribution in [3.63, 3.8) is 0 Å². The van der Waals surface area contributed by atoms with Crippen LogP contribution in [0.25, 0.3) is 10.8 Å². The normalized spacial score (nSPS) is 21.3. The molecule has 1 nitrogen and oxygen atoms in total. The molecular formula is C15H14BrClO. The number of hydrogen-bond donors (Lipinski definition) is 0. The Kier molecular flexibility index (Phi) is 3.60. The number of benzene rings is 2. The molecule has 1 fully saturated rings. The quantitative estimate of drug-likeness (QED) is 0.697. The Labute approximate surface area is 120 Å². The van der Waals surface area contributed by atoms with Gasteiger partial charge in [-0.05, 0) is 29.9 Å². The highest BCUT2D eigenvalue weighted by Gasteiger charge is 2.26. The fraction of sp³-hybridized carbons (Fsp3) is 0.333. The molecule has 1 aliphatic heterocycles. The molecule has 0 aromatic heterocycles. The molecule has 2 unspecified atom stereocenters. The van der Waals surface area contributed by atoms with Gasteiger partial charge < -0.3 is 4.74 Å². The second-order valence-corrected chi connectivity index (χ2v) is 6.03. The molecule has 94 valence electrons. The Hall–Kier alpha value is -0.570. The van der Waals surface area contributed by atoms with E-state index >= 15 is 0 Å². The minimum atomic E-state index is 0.238. The summed E-state index contributed by atoms with van der Waals surface area (Å²) in [4.78, 5) is 0.238. The lowest BCUT2D eigenvalue weighted by molar-refractivity contribution is 0.111. The summed E-state index contributed by atoms with van der Waals surface area (Å²) in [5, 5.41) is 3.13. The van der Waals surface area contributed by atoms with Gasteiger partial charge >= 0.3 is 0 Å². The molecule has 0 aliphatic carbocycles. The summed E-state index contributed by atoms with van der Waals surface area (Å²) in [5.41, 5.74) is 1.27. The van der Waals surface area contributed by atoms with Crippen LogP contribution in [0.1, 0.15) is 23.2 Å². The molecular weight excluding hydrogens is 312 g/mol. The molecule has 0 N–H and O–H groups in total. The molecule has 2 aromatic carbocycles. The molecule has 0 bridgehead atoms. The van der Waals surface area contributed by atoms with E-state index in [1.807, 2.05) is 12.1 Å². The first-order valence-electron chi connectivity index (χ1n) is 6.20. The van der Waals surface area contributed by atoms with Gasteiger partial charge in [-0.25, -0.2) is 0 Å². The summed E-state index contributed by atoms with van der Waals surface area (Å²) >= 11 is 10.0. The fourth-order valence-electron chi connectivity index (χ4n) is 2.56. The smallest absolute Gasteiger partial charge is 0.0742 e. The molecule has 2 aromatic rings. The zero-order valence-corrected chi connectivity index (χ0v) is 12.2. The molecule has 3 heteroatoms. The van der Waals surface area contributed by atoms with E-state index in [2.05, 4.69) is 40.2 Å². The van der Waals surface area contributed by atoms with Crippen LogP contribution in [0.5, 0.6) is 0 Å². The van der Waals surface area contributed by atoms with Gasteiger partial charge in [-0.3, -0.25) is 0 Å². The summed E-state index contributed by atoms with van der Waals surface area (Å²) in [7, 11) is 0. The molecule has 1 heterocycles. The van der Waals surface area contributed by atoms with E-state index in [0.29, 0.717) is 0 Å². The maximum Gasteiger partial charge on any atom is 0.0742 e. The number of ether oxygens (including phenoxy) is 1. The van der Waals surface area contributed by atoms with Crippen molar-refractivity contribution in [3.05, 3.63) is 47.0 Å². The van der Waals surface area contributed by atoms with Crippen LogP contribution in [-0.4, -0.2) is 12.7 Å². The Bertz CT molecular complexity index is 563. The van der Waals surface area contributed by atoms with Crippen LogP contribution < -0.4 is 0 Å². The molecule has 1 saturated heterocycles. The van der Waals surface area contributed by atoms with Gasteiger partial charge in [0, 0.05) is 17.0 Å². The lowest BCUT2D eigenvalue weighted by Gasteiger charge is -2.19. The molecule has 0 spiro atoms. The predicted octanol–water partition coefficient (Wildman–Crippen LogP) is 5.11. The van der Waals surface area contributed by atoms with Crippen LogP contribution >= 0.6 is 27.5 Å². The molecule has 1 aliphatic rings. The number of fused-ring (bicyclic) bond motifs is 1. The van der Waals surface area contributed by atoms with E-state index < -0.39 is 0 Å². The van der Waals surface area contributed by atoms with Crippen LogP contribution in [0.15, 0.2) is 36.4 Å². The predicted molar refractivity (Wildman–Crippen MR) is 79.6 cm³/mol. The maximum absolute atomic E-state index is 6.25. The second-order valence-electron chi connectivity index (χ2n) is 4.64. The molecule has 0 saturated carbocycles. The first kappa shape index (κ1) is 12.5. The minimum Gasteiger partial charge on any atom is -0.377 e. The average Bonchev–Trinajstić information content (AvgIpc) is 2.93. The van der Waals surface area contributed by atoms with Crippen LogP contribution in [0, 0.1) is 0 Å². The SMILES string of the molecule is Clc1ccc(C(Br)C2CCCO2)c2ccccc12. The van der Waals surface area contributed by atoms with Crippen molar-refractivity contribution in [1.82, 2.24) is 0 Å².